The Labute approximate surface area is 209 Å². The minimum absolute atomic E-state index is 0. The lowest BCUT2D eigenvalue weighted by Gasteiger charge is -2.19. The highest BCUT2D eigenvalue weighted by Gasteiger charge is 2.17. The topological polar surface area (TPSA) is 31.6 Å². The third-order valence-corrected chi connectivity index (χ3v) is 6.74. The van der Waals surface area contributed by atoms with E-state index in [9.17, 15) is 0 Å². The van der Waals surface area contributed by atoms with Crippen molar-refractivity contribution in [2.75, 3.05) is 0 Å². The summed E-state index contributed by atoms with van der Waals surface area (Å²) in [4.78, 5) is 6.91. The molecule has 6 aromatic rings. The molecule has 2 heterocycles. The molecule has 180 valence electrons. The standard InChI is InChI=1S/C20H25N.C12H9N.CH4/c1-19(2,3)13-7-9-17-15(11-13)16-12-14(20(4,5)6)8-10-18(16)21-17;1-3-7-11-9(5-1)10-6-2-4-8-12(10)13-11;/h7-12,21H,1-6H3;1-8,13H;1H4. The van der Waals surface area contributed by atoms with E-state index in [-0.39, 0.29) is 18.3 Å². The van der Waals surface area contributed by atoms with Gasteiger partial charge in [0, 0.05) is 43.6 Å². The molecule has 4 aromatic carbocycles. The van der Waals surface area contributed by atoms with Gasteiger partial charge in [-0.2, -0.15) is 0 Å². The number of rotatable bonds is 0. The van der Waals surface area contributed by atoms with E-state index in [1.165, 1.54) is 54.7 Å². The monoisotopic (exact) mass is 462 g/mol. The first-order valence-electron chi connectivity index (χ1n) is 12.1. The smallest absolute Gasteiger partial charge is 0.0465 e. The number of benzene rings is 4. The first kappa shape index (κ1) is 24.6. The number of para-hydroxylation sites is 2. The number of aromatic amines is 2. The Morgan fingerprint density at radius 2 is 0.771 bits per heavy atom. The molecular formula is C33H38N2. The summed E-state index contributed by atoms with van der Waals surface area (Å²) in [6.07, 6.45) is 0. The third-order valence-electron chi connectivity index (χ3n) is 6.74. The molecule has 0 amide bonds. The summed E-state index contributed by atoms with van der Waals surface area (Å²) in [5, 5.41) is 5.28. The molecule has 0 aliphatic heterocycles. The molecule has 0 bridgehead atoms. The van der Waals surface area contributed by atoms with Crippen LogP contribution in [-0.4, -0.2) is 9.97 Å². The van der Waals surface area contributed by atoms with Gasteiger partial charge in [0.15, 0.2) is 0 Å². The zero-order valence-corrected chi connectivity index (χ0v) is 21.1. The summed E-state index contributed by atoms with van der Waals surface area (Å²) in [6.45, 7) is 13.6. The summed E-state index contributed by atoms with van der Waals surface area (Å²) in [5.74, 6) is 0. The molecule has 2 nitrogen and oxygen atoms in total. The van der Waals surface area contributed by atoms with Crippen molar-refractivity contribution in [3.63, 3.8) is 0 Å². The van der Waals surface area contributed by atoms with Gasteiger partial charge in [0.25, 0.3) is 0 Å². The average Bonchev–Trinajstić information content (AvgIpc) is 3.35. The lowest BCUT2D eigenvalue weighted by atomic mass is 9.85. The zero-order valence-electron chi connectivity index (χ0n) is 21.1. The Bertz CT molecular complexity index is 1500. The van der Waals surface area contributed by atoms with Gasteiger partial charge in [-0.25, -0.2) is 0 Å². The number of fused-ring (bicyclic) bond motifs is 6. The average molecular weight is 463 g/mol. The number of hydrogen-bond acceptors (Lipinski definition) is 0. The Morgan fingerprint density at radius 3 is 1.14 bits per heavy atom. The summed E-state index contributed by atoms with van der Waals surface area (Å²) in [7, 11) is 0. The Hall–Kier alpha value is -3.52. The summed E-state index contributed by atoms with van der Waals surface area (Å²) >= 11 is 0. The van der Waals surface area contributed by atoms with E-state index < -0.39 is 0 Å². The van der Waals surface area contributed by atoms with Crippen LogP contribution in [0.4, 0.5) is 0 Å². The maximum atomic E-state index is 3.54. The molecule has 0 fully saturated rings. The van der Waals surface area contributed by atoms with E-state index in [1.807, 2.05) is 0 Å². The van der Waals surface area contributed by atoms with Gasteiger partial charge in [-0.05, 0) is 58.4 Å². The van der Waals surface area contributed by atoms with E-state index in [0.717, 1.165) is 0 Å². The fourth-order valence-corrected chi connectivity index (χ4v) is 4.63. The third kappa shape index (κ3) is 4.71. The molecule has 0 spiro atoms. The fourth-order valence-electron chi connectivity index (χ4n) is 4.63. The van der Waals surface area contributed by atoms with E-state index in [2.05, 4.69) is 136 Å². The quantitative estimate of drug-likeness (QED) is 0.225. The van der Waals surface area contributed by atoms with Crippen LogP contribution in [0.2, 0.25) is 0 Å². The van der Waals surface area contributed by atoms with Gasteiger partial charge < -0.3 is 9.97 Å². The van der Waals surface area contributed by atoms with Gasteiger partial charge in [0.2, 0.25) is 0 Å². The van der Waals surface area contributed by atoms with Crippen molar-refractivity contribution in [3.8, 4) is 0 Å². The van der Waals surface area contributed by atoms with E-state index >= 15 is 0 Å². The van der Waals surface area contributed by atoms with Crippen molar-refractivity contribution < 1.29 is 0 Å². The van der Waals surface area contributed by atoms with Gasteiger partial charge in [-0.15, -0.1) is 0 Å². The van der Waals surface area contributed by atoms with Crippen LogP contribution < -0.4 is 0 Å². The first-order chi connectivity index (χ1) is 16.1. The second kappa shape index (κ2) is 8.92. The zero-order chi connectivity index (χ0) is 24.1. The maximum absolute atomic E-state index is 3.54. The van der Waals surface area contributed by atoms with Crippen molar-refractivity contribution in [1.82, 2.24) is 9.97 Å². The van der Waals surface area contributed by atoms with Gasteiger partial charge in [-0.3, -0.25) is 0 Å². The number of nitrogens with one attached hydrogen (secondary N) is 2. The second-order valence-electron chi connectivity index (χ2n) is 11.4. The SMILES string of the molecule is C.CC(C)(C)c1ccc2[nH]c3ccc(C(C)(C)C)cc3c2c1.c1ccc2c(c1)[nH]c1ccccc12. The fraction of sp³-hybridized carbons (Fsp3) is 0.273. The number of aromatic nitrogens is 2. The molecule has 0 aliphatic rings. The normalized spacial score (nSPS) is 12.1. The van der Waals surface area contributed by atoms with Gasteiger partial charge in [0.1, 0.15) is 0 Å². The van der Waals surface area contributed by atoms with E-state index in [4.69, 9.17) is 0 Å². The van der Waals surface area contributed by atoms with Crippen LogP contribution in [0.25, 0.3) is 43.6 Å². The lowest BCUT2D eigenvalue weighted by molar-refractivity contribution is 0.590. The highest BCUT2D eigenvalue weighted by molar-refractivity contribution is 6.08. The molecule has 0 radical (unpaired) electrons. The molecule has 2 heteroatoms. The van der Waals surface area contributed by atoms with Gasteiger partial charge in [-0.1, -0.05) is 97.5 Å². The lowest BCUT2D eigenvalue weighted by Crippen LogP contribution is -2.10. The highest BCUT2D eigenvalue weighted by Crippen LogP contribution is 2.33. The molecule has 0 saturated carbocycles. The van der Waals surface area contributed by atoms with Crippen molar-refractivity contribution >= 4 is 43.6 Å². The Kier molecular flexibility index (Phi) is 6.27. The van der Waals surface area contributed by atoms with Crippen LogP contribution >= 0.6 is 0 Å². The van der Waals surface area contributed by atoms with Crippen LogP contribution in [0.1, 0.15) is 60.1 Å². The minimum atomic E-state index is 0. The molecule has 0 aliphatic carbocycles. The Balaban J connectivity index is 0.000000177. The highest BCUT2D eigenvalue weighted by atomic mass is 14.7. The largest absolute Gasteiger partial charge is 0.355 e. The first-order valence-corrected chi connectivity index (χ1v) is 12.1. The molecule has 6 rings (SSSR count). The number of hydrogen-bond donors (Lipinski definition) is 2. The summed E-state index contributed by atoms with van der Waals surface area (Å²) < 4.78 is 0. The van der Waals surface area contributed by atoms with Crippen molar-refractivity contribution in [3.05, 3.63) is 96.1 Å². The van der Waals surface area contributed by atoms with Crippen LogP contribution in [0.3, 0.4) is 0 Å². The van der Waals surface area contributed by atoms with Crippen molar-refractivity contribution in [2.24, 2.45) is 0 Å². The molecule has 35 heavy (non-hydrogen) atoms. The molecule has 0 atom stereocenters. The predicted molar refractivity (Wildman–Crippen MR) is 156 cm³/mol. The molecule has 0 saturated heterocycles. The summed E-state index contributed by atoms with van der Waals surface area (Å²) in [5.41, 5.74) is 8.01. The van der Waals surface area contributed by atoms with Gasteiger partial charge in [0.05, 0.1) is 0 Å². The van der Waals surface area contributed by atoms with Crippen LogP contribution in [0.5, 0.6) is 0 Å². The molecule has 2 N–H and O–H groups in total. The maximum Gasteiger partial charge on any atom is 0.0465 e. The van der Waals surface area contributed by atoms with Crippen LogP contribution in [0.15, 0.2) is 84.9 Å². The van der Waals surface area contributed by atoms with Crippen LogP contribution in [-0.2, 0) is 10.8 Å². The molecule has 2 aromatic heterocycles. The van der Waals surface area contributed by atoms with E-state index in [0.29, 0.717) is 0 Å². The van der Waals surface area contributed by atoms with E-state index in [1.54, 1.807) is 0 Å². The minimum Gasteiger partial charge on any atom is -0.355 e. The molecular weight excluding hydrogens is 424 g/mol. The van der Waals surface area contributed by atoms with Crippen molar-refractivity contribution in [1.29, 1.82) is 0 Å². The summed E-state index contributed by atoms with van der Waals surface area (Å²) in [6, 6.07) is 30.4. The second-order valence-corrected chi connectivity index (χ2v) is 11.4. The molecule has 0 unspecified atom stereocenters. The van der Waals surface area contributed by atoms with Crippen LogP contribution in [0, 0.1) is 0 Å². The number of H-pyrrole nitrogens is 2. The van der Waals surface area contributed by atoms with Crippen molar-refractivity contribution in [2.45, 2.75) is 59.8 Å². The predicted octanol–water partition coefficient (Wildman–Crippen LogP) is 9.87. The Morgan fingerprint density at radius 1 is 0.429 bits per heavy atom. The van der Waals surface area contributed by atoms with Gasteiger partial charge >= 0.3 is 0 Å².